The van der Waals surface area contributed by atoms with Crippen molar-refractivity contribution in [2.24, 2.45) is 5.73 Å². The minimum Gasteiger partial charge on any atom is -0.325 e. The second kappa shape index (κ2) is 7.68. The van der Waals surface area contributed by atoms with Crippen molar-refractivity contribution in [3.05, 3.63) is 24.0 Å². The number of aromatic nitrogens is 1. The molecule has 0 radical (unpaired) electrons. The molecule has 0 saturated carbocycles. The molecule has 114 valence electrons. The van der Waals surface area contributed by atoms with Gasteiger partial charge in [0.05, 0.1) is 5.69 Å². The predicted molar refractivity (Wildman–Crippen MR) is 79.7 cm³/mol. The fourth-order valence-electron chi connectivity index (χ4n) is 1.86. The molecule has 0 aliphatic carbocycles. The van der Waals surface area contributed by atoms with E-state index in [0.717, 1.165) is 6.42 Å². The van der Waals surface area contributed by atoms with Gasteiger partial charge in [0, 0.05) is 32.4 Å². The van der Waals surface area contributed by atoms with E-state index in [4.69, 9.17) is 5.73 Å². The molecule has 0 aromatic carbocycles. The Bertz CT molecular complexity index is 517. The Hall–Kier alpha value is -1.02. The summed E-state index contributed by atoms with van der Waals surface area (Å²) in [4.78, 5) is 6.24. The Labute approximate surface area is 121 Å². The van der Waals surface area contributed by atoms with Gasteiger partial charge in [-0.2, -0.15) is 4.31 Å². The van der Waals surface area contributed by atoms with Crippen LogP contribution in [0.15, 0.2) is 23.2 Å². The maximum atomic E-state index is 12.7. The molecule has 6 nitrogen and oxygen atoms in total. The lowest BCUT2D eigenvalue weighted by molar-refractivity contribution is 0.332. The first-order chi connectivity index (χ1) is 9.43. The summed E-state index contributed by atoms with van der Waals surface area (Å²) in [6.07, 6.45) is 2.33. The fourth-order valence-corrected chi connectivity index (χ4v) is 3.57. The molecule has 0 spiro atoms. The molecule has 1 aromatic heterocycles. The van der Waals surface area contributed by atoms with Crippen molar-refractivity contribution in [2.75, 3.05) is 33.7 Å². The fraction of sp³-hybridized carbons (Fsp3) is 0.615. The summed E-state index contributed by atoms with van der Waals surface area (Å²) in [5.41, 5.74) is 6.01. The van der Waals surface area contributed by atoms with Gasteiger partial charge in [-0.1, -0.05) is 6.92 Å². The molecule has 0 amide bonds. The van der Waals surface area contributed by atoms with E-state index < -0.39 is 10.0 Å². The van der Waals surface area contributed by atoms with E-state index >= 15 is 0 Å². The van der Waals surface area contributed by atoms with Crippen LogP contribution in [-0.2, 0) is 16.6 Å². The van der Waals surface area contributed by atoms with Gasteiger partial charge in [-0.05, 0) is 32.6 Å². The van der Waals surface area contributed by atoms with E-state index in [0.29, 0.717) is 25.3 Å². The van der Waals surface area contributed by atoms with Crippen LogP contribution in [0.25, 0.3) is 0 Å². The van der Waals surface area contributed by atoms with Gasteiger partial charge in [-0.15, -0.1) is 0 Å². The smallest absolute Gasteiger partial charge is 0.244 e. The molecular weight excluding hydrogens is 276 g/mol. The molecule has 1 heterocycles. The summed E-state index contributed by atoms with van der Waals surface area (Å²) >= 11 is 0. The van der Waals surface area contributed by atoms with Crippen LogP contribution in [-0.4, -0.2) is 56.3 Å². The molecule has 7 heteroatoms. The van der Waals surface area contributed by atoms with Gasteiger partial charge in [0.1, 0.15) is 4.90 Å². The SMILES string of the molecule is CCCN(CCN(C)C)S(=O)(=O)c1cccnc1CN. The van der Waals surface area contributed by atoms with Crippen LogP contribution >= 0.6 is 0 Å². The Morgan fingerprint density at radius 1 is 1.25 bits per heavy atom. The first-order valence-corrected chi connectivity index (χ1v) is 8.16. The van der Waals surface area contributed by atoms with Crippen molar-refractivity contribution in [1.82, 2.24) is 14.2 Å². The van der Waals surface area contributed by atoms with Crippen molar-refractivity contribution in [2.45, 2.75) is 24.8 Å². The number of sulfonamides is 1. The highest BCUT2D eigenvalue weighted by Crippen LogP contribution is 2.18. The molecule has 20 heavy (non-hydrogen) atoms. The predicted octanol–water partition coefficient (Wildman–Crippen LogP) is 0.503. The number of nitrogens with zero attached hydrogens (tertiary/aromatic N) is 3. The highest BCUT2D eigenvalue weighted by atomic mass is 32.2. The topological polar surface area (TPSA) is 79.5 Å². The van der Waals surface area contributed by atoms with Crippen LogP contribution in [0, 0.1) is 0 Å². The van der Waals surface area contributed by atoms with Crippen LogP contribution in [0.3, 0.4) is 0 Å². The Kier molecular flexibility index (Phi) is 6.54. The average Bonchev–Trinajstić information content (AvgIpc) is 2.42. The minimum absolute atomic E-state index is 0.114. The standard InChI is InChI=1S/C13H24N4O2S/c1-4-8-17(10-9-16(2)3)20(18,19)13-6-5-7-15-12(13)11-14/h5-7H,4,8-11,14H2,1-3H3. The van der Waals surface area contributed by atoms with E-state index in [1.807, 2.05) is 25.9 Å². The van der Waals surface area contributed by atoms with Gasteiger partial charge in [-0.25, -0.2) is 8.42 Å². The van der Waals surface area contributed by atoms with Crippen molar-refractivity contribution in [3.8, 4) is 0 Å². The maximum absolute atomic E-state index is 12.7. The number of likely N-dealkylation sites (N-methyl/N-ethyl adjacent to an activating group) is 1. The van der Waals surface area contributed by atoms with Gasteiger partial charge in [0.25, 0.3) is 0 Å². The maximum Gasteiger partial charge on any atom is 0.244 e. The van der Waals surface area contributed by atoms with E-state index in [2.05, 4.69) is 4.98 Å². The molecule has 0 fully saturated rings. The zero-order valence-electron chi connectivity index (χ0n) is 12.4. The van der Waals surface area contributed by atoms with E-state index in [1.165, 1.54) is 4.31 Å². The van der Waals surface area contributed by atoms with Crippen molar-refractivity contribution < 1.29 is 8.42 Å². The molecule has 0 saturated heterocycles. The molecule has 0 unspecified atom stereocenters. The largest absolute Gasteiger partial charge is 0.325 e. The summed E-state index contributed by atoms with van der Waals surface area (Å²) in [6.45, 7) is 3.71. The summed E-state index contributed by atoms with van der Waals surface area (Å²) < 4.78 is 27.0. The Balaban J connectivity index is 3.09. The van der Waals surface area contributed by atoms with Crippen molar-refractivity contribution in [3.63, 3.8) is 0 Å². The molecule has 2 N–H and O–H groups in total. The number of hydrogen-bond acceptors (Lipinski definition) is 5. The second-order valence-electron chi connectivity index (χ2n) is 4.86. The quantitative estimate of drug-likeness (QED) is 0.756. The van der Waals surface area contributed by atoms with Gasteiger partial charge in [0.2, 0.25) is 10.0 Å². The lowest BCUT2D eigenvalue weighted by Gasteiger charge is -2.24. The second-order valence-corrected chi connectivity index (χ2v) is 6.77. The molecule has 0 bridgehead atoms. The molecule has 0 aliphatic heterocycles. The summed E-state index contributed by atoms with van der Waals surface area (Å²) in [7, 11) is 0.308. The third-order valence-electron chi connectivity index (χ3n) is 2.93. The van der Waals surface area contributed by atoms with Crippen LogP contribution in [0.2, 0.25) is 0 Å². The highest BCUT2D eigenvalue weighted by Gasteiger charge is 2.26. The van der Waals surface area contributed by atoms with E-state index in [1.54, 1.807) is 18.3 Å². The summed E-state index contributed by atoms with van der Waals surface area (Å²) in [5.74, 6) is 0. The zero-order chi connectivity index (χ0) is 15.2. The third-order valence-corrected chi connectivity index (χ3v) is 4.90. The number of nitrogens with two attached hydrogens (primary N) is 1. The third kappa shape index (κ3) is 4.24. The number of hydrogen-bond donors (Lipinski definition) is 1. The normalized spacial score (nSPS) is 12.3. The van der Waals surface area contributed by atoms with Crippen LogP contribution in [0.1, 0.15) is 19.0 Å². The molecular formula is C13H24N4O2S. The molecule has 1 aromatic rings. The van der Waals surface area contributed by atoms with Crippen LogP contribution in [0.4, 0.5) is 0 Å². The monoisotopic (exact) mass is 300 g/mol. The van der Waals surface area contributed by atoms with E-state index in [9.17, 15) is 8.42 Å². The Morgan fingerprint density at radius 2 is 1.95 bits per heavy atom. The Morgan fingerprint density at radius 3 is 2.50 bits per heavy atom. The van der Waals surface area contributed by atoms with Gasteiger partial charge >= 0.3 is 0 Å². The van der Waals surface area contributed by atoms with Gasteiger partial charge in [0.15, 0.2) is 0 Å². The average molecular weight is 300 g/mol. The lowest BCUT2D eigenvalue weighted by atomic mass is 10.3. The summed E-state index contributed by atoms with van der Waals surface area (Å²) in [6, 6.07) is 3.20. The van der Waals surface area contributed by atoms with Crippen LogP contribution < -0.4 is 5.73 Å². The highest BCUT2D eigenvalue weighted by molar-refractivity contribution is 7.89. The van der Waals surface area contributed by atoms with Crippen molar-refractivity contribution >= 4 is 10.0 Å². The van der Waals surface area contributed by atoms with E-state index in [-0.39, 0.29) is 11.4 Å². The molecule has 1 rings (SSSR count). The lowest BCUT2D eigenvalue weighted by Crippen LogP contribution is -2.37. The zero-order valence-corrected chi connectivity index (χ0v) is 13.2. The summed E-state index contributed by atoms with van der Waals surface area (Å²) in [5, 5.41) is 0. The first kappa shape index (κ1) is 17.0. The van der Waals surface area contributed by atoms with Gasteiger partial charge in [-0.3, -0.25) is 4.98 Å². The molecule has 0 aliphatic rings. The first-order valence-electron chi connectivity index (χ1n) is 6.72. The van der Waals surface area contributed by atoms with Crippen LogP contribution in [0.5, 0.6) is 0 Å². The minimum atomic E-state index is -3.54. The molecule has 0 atom stereocenters. The number of pyridine rings is 1. The number of rotatable bonds is 8. The van der Waals surface area contributed by atoms with Gasteiger partial charge < -0.3 is 10.6 Å². The van der Waals surface area contributed by atoms with Crippen molar-refractivity contribution in [1.29, 1.82) is 0 Å².